The lowest BCUT2D eigenvalue weighted by atomic mass is 10.2. The number of halogens is 2. The molecule has 7 heteroatoms. The molecule has 5 nitrogen and oxygen atoms in total. The lowest BCUT2D eigenvalue weighted by Crippen LogP contribution is -2.05. The van der Waals surface area contributed by atoms with Crippen LogP contribution in [0.3, 0.4) is 0 Å². The van der Waals surface area contributed by atoms with Crippen LogP contribution in [0.1, 0.15) is 22.6 Å². The fraction of sp³-hybridized carbons (Fsp3) is 0.182. The molecule has 0 saturated carbocycles. The van der Waals surface area contributed by atoms with E-state index in [2.05, 4.69) is 9.72 Å². The second-order valence-electron chi connectivity index (χ2n) is 6.31. The van der Waals surface area contributed by atoms with E-state index >= 15 is 0 Å². The summed E-state index contributed by atoms with van der Waals surface area (Å²) in [5, 5.41) is 0.879. The Hall–Kier alpha value is -2.76. The van der Waals surface area contributed by atoms with E-state index in [-0.39, 0.29) is 0 Å². The lowest BCUT2D eigenvalue weighted by molar-refractivity contribution is -0.134. The quantitative estimate of drug-likeness (QED) is 0.376. The Morgan fingerprint density at radius 3 is 2.62 bits per heavy atom. The highest BCUT2D eigenvalue weighted by atomic mass is 35.5. The molecule has 0 aliphatic rings. The van der Waals surface area contributed by atoms with Gasteiger partial charge < -0.3 is 14.0 Å². The third-order valence-electron chi connectivity index (χ3n) is 4.33. The molecule has 0 spiro atoms. The molecule has 0 atom stereocenters. The fourth-order valence-electron chi connectivity index (χ4n) is 2.78. The molecule has 0 aliphatic heterocycles. The van der Waals surface area contributed by atoms with Gasteiger partial charge in [-0.2, -0.15) is 0 Å². The lowest BCUT2D eigenvalue weighted by Gasteiger charge is -2.12. The van der Waals surface area contributed by atoms with Crippen molar-refractivity contribution in [3.63, 3.8) is 0 Å². The number of esters is 1. The highest BCUT2D eigenvalue weighted by molar-refractivity contribution is 6.31. The molecule has 0 N–H and O–H groups in total. The zero-order valence-electron chi connectivity index (χ0n) is 16.1. The molecule has 2 aromatic carbocycles. The van der Waals surface area contributed by atoms with Gasteiger partial charge in [0, 0.05) is 11.1 Å². The van der Waals surface area contributed by atoms with Crippen molar-refractivity contribution in [3.8, 4) is 5.75 Å². The predicted molar refractivity (Wildman–Crippen MR) is 114 cm³/mol. The van der Waals surface area contributed by atoms with Crippen LogP contribution in [-0.2, 0) is 22.7 Å². The molecule has 0 aliphatic carbocycles. The van der Waals surface area contributed by atoms with Gasteiger partial charge in [-0.15, -0.1) is 0 Å². The first-order chi connectivity index (χ1) is 14.0. The zero-order valence-corrected chi connectivity index (χ0v) is 17.6. The maximum atomic E-state index is 11.4. The first kappa shape index (κ1) is 21.0. The van der Waals surface area contributed by atoms with Gasteiger partial charge in [0.2, 0.25) is 0 Å². The molecule has 3 rings (SSSR count). The van der Waals surface area contributed by atoms with Crippen LogP contribution in [0, 0.1) is 6.92 Å². The van der Waals surface area contributed by atoms with Gasteiger partial charge in [-0.3, -0.25) is 0 Å². The number of hydrogen-bond acceptors (Lipinski definition) is 4. The van der Waals surface area contributed by atoms with E-state index in [1.165, 1.54) is 13.2 Å². The summed E-state index contributed by atoms with van der Waals surface area (Å²) < 4.78 is 12.3. The van der Waals surface area contributed by atoms with Crippen LogP contribution in [0.25, 0.3) is 6.08 Å². The summed E-state index contributed by atoms with van der Waals surface area (Å²) in [7, 11) is 1.32. The van der Waals surface area contributed by atoms with Gasteiger partial charge in [0.25, 0.3) is 0 Å². The van der Waals surface area contributed by atoms with Gasteiger partial charge in [0.05, 0.1) is 19.3 Å². The number of nitrogens with zero attached hydrogens (tertiary/aromatic N) is 2. The van der Waals surface area contributed by atoms with E-state index in [0.29, 0.717) is 40.6 Å². The second-order valence-corrected chi connectivity index (χ2v) is 7.07. The largest absolute Gasteiger partial charge is 0.489 e. The molecule has 0 amide bonds. The molecule has 0 unspecified atom stereocenters. The highest BCUT2D eigenvalue weighted by Crippen LogP contribution is 2.27. The van der Waals surface area contributed by atoms with E-state index in [1.807, 2.05) is 54.0 Å². The Balaban J connectivity index is 1.77. The van der Waals surface area contributed by atoms with Gasteiger partial charge in [-0.05, 0) is 36.3 Å². The van der Waals surface area contributed by atoms with Crippen molar-refractivity contribution in [2.45, 2.75) is 20.1 Å². The van der Waals surface area contributed by atoms with Crippen LogP contribution < -0.4 is 4.74 Å². The highest BCUT2D eigenvalue weighted by Gasteiger charge is 2.13. The molecule has 29 heavy (non-hydrogen) atoms. The second kappa shape index (κ2) is 9.63. The molecule has 0 radical (unpaired) electrons. The molecular weight excluding hydrogens is 411 g/mol. The number of imidazole rings is 1. The standard InChI is InChI=1S/C22H20Cl2N2O3/c1-15-25-22(24)20(10-11-21(27)28-2)26(15)13-17-8-9-18(12-19(17)23)29-14-16-6-4-3-5-7-16/h3-12H,13-14H2,1-2H3. The Morgan fingerprint density at radius 1 is 1.17 bits per heavy atom. The molecule has 1 aromatic heterocycles. The van der Waals surface area contributed by atoms with E-state index in [4.69, 9.17) is 27.9 Å². The Kier molecular flexibility index (Phi) is 6.96. The van der Waals surface area contributed by atoms with Crippen LogP contribution >= 0.6 is 23.2 Å². The SMILES string of the molecule is COC(=O)C=Cc1c(Cl)nc(C)n1Cc1ccc(OCc2ccccc2)cc1Cl. The average molecular weight is 431 g/mol. The smallest absolute Gasteiger partial charge is 0.330 e. The van der Waals surface area contributed by atoms with E-state index in [0.717, 1.165) is 11.1 Å². The van der Waals surface area contributed by atoms with E-state index < -0.39 is 5.97 Å². The van der Waals surface area contributed by atoms with Crippen LogP contribution in [-0.4, -0.2) is 22.6 Å². The number of ether oxygens (including phenoxy) is 2. The van der Waals surface area contributed by atoms with Gasteiger partial charge in [0.1, 0.15) is 18.2 Å². The van der Waals surface area contributed by atoms with Gasteiger partial charge in [-0.25, -0.2) is 9.78 Å². The topological polar surface area (TPSA) is 53.3 Å². The number of methoxy groups -OCH3 is 1. The summed E-state index contributed by atoms with van der Waals surface area (Å²) in [4.78, 5) is 15.7. The molecule has 0 bridgehead atoms. The summed E-state index contributed by atoms with van der Waals surface area (Å²) in [5.41, 5.74) is 2.57. The number of benzene rings is 2. The summed E-state index contributed by atoms with van der Waals surface area (Å²) in [6.07, 6.45) is 2.89. The first-order valence-corrected chi connectivity index (χ1v) is 9.67. The summed E-state index contributed by atoms with van der Waals surface area (Å²) in [6.45, 7) is 2.76. The van der Waals surface area contributed by atoms with Gasteiger partial charge >= 0.3 is 5.97 Å². The van der Waals surface area contributed by atoms with Crippen molar-refractivity contribution >= 4 is 35.2 Å². The number of carbonyl (C=O) groups is 1. The van der Waals surface area contributed by atoms with Crippen LogP contribution in [0.5, 0.6) is 5.75 Å². The predicted octanol–water partition coefficient (Wildman–Crippen LogP) is 5.31. The Labute approximate surface area is 179 Å². The Bertz CT molecular complexity index is 1030. The number of aryl methyl sites for hydroxylation is 1. The van der Waals surface area contributed by atoms with Crippen molar-refractivity contribution in [3.05, 3.63) is 87.4 Å². The van der Waals surface area contributed by atoms with Crippen molar-refractivity contribution in [1.82, 2.24) is 9.55 Å². The summed E-state index contributed by atoms with van der Waals surface area (Å²) in [6, 6.07) is 15.5. The first-order valence-electron chi connectivity index (χ1n) is 8.91. The van der Waals surface area contributed by atoms with E-state index in [9.17, 15) is 4.79 Å². The van der Waals surface area contributed by atoms with Crippen LogP contribution in [0.4, 0.5) is 0 Å². The van der Waals surface area contributed by atoms with Gasteiger partial charge in [0.15, 0.2) is 5.15 Å². The van der Waals surface area contributed by atoms with Crippen LogP contribution in [0.15, 0.2) is 54.6 Å². The minimum Gasteiger partial charge on any atom is -0.489 e. The summed E-state index contributed by atoms with van der Waals surface area (Å²) >= 11 is 12.7. The summed E-state index contributed by atoms with van der Waals surface area (Å²) in [5.74, 6) is 0.929. The van der Waals surface area contributed by atoms with Crippen molar-refractivity contribution < 1.29 is 14.3 Å². The maximum absolute atomic E-state index is 11.4. The molecule has 0 fully saturated rings. The molecular formula is C22H20Cl2N2O3. The van der Waals surface area contributed by atoms with Crippen molar-refractivity contribution in [1.29, 1.82) is 0 Å². The third-order valence-corrected chi connectivity index (χ3v) is 4.96. The van der Waals surface area contributed by atoms with Crippen molar-refractivity contribution in [2.75, 3.05) is 7.11 Å². The Morgan fingerprint density at radius 2 is 1.93 bits per heavy atom. The third kappa shape index (κ3) is 5.40. The van der Waals surface area contributed by atoms with Crippen LogP contribution in [0.2, 0.25) is 10.2 Å². The minimum atomic E-state index is -0.468. The molecule has 1 heterocycles. The number of aromatic nitrogens is 2. The monoisotopic (exact) mass is 430 g/mol. The molecule has 0 saturated heterocycles. The van der Waals surface area contributed by atoms with Crippen molar-refractivity contribution in [2.24, 2.45) is 0 Å². The molecule has 3 aromatic rings. The van der Waals surface area contributed by atoms with E-state index in [1.54, 1.807) is 12.1 Å². The molecule has 150 valence electrons. The normalized spacial score (nSPS) is 11.0. The number of rotatable bonds is 7. The maximum Gasteiger partial charge on any atom is 0.330 e. The minimum absolute atomic E-state index is 0.307. The number of hydrogen-bond donors (Lipinski definition) is 0. The fourth-order valence-corrected chi connectivity index (χ4v) is 3.29. The average Bonchev–Trinajstić information content (AvgIpc) is 2.99. The zero-order chi connectivity index (χ0) is 20.8. The van der Waals surface area contributed by atoms with Gasteiger partial charge in [-0.1, -0.05) is 59.6 Å². The number of carbonyl (C=O) groups excluding carboxylic acids is 1.